The van der Waals surface area contributed by atoms with Crippen LogP contribution in [0.25, 0.3) is 11.3 Å². The van der Waals surface area contributed by atoms with Crippen LogP contribution in [-0.2, 0) is 11.3 Å². The van der Waals surface area contributed by atoms with Crippen LogP contribution in [0.3, 0.4) is 0 Å². The summed E-state index contributed by atoms with van der Waals surface area (Å²) in [5.74, 6) is -3.10. The fraction of sp³-hybridized carbons (Fsp3) is 0.200. The second-order valence-corrected chi connectivity index (χ2v) is 7.52. The number of thiazole rings is 1. The van der Waals surface area contributed by atoms with Crippen LogP contribution >= 0.6 is 11.3 Å². The van der Waals surface area contributed by atoms with Crippen molar-refractivity contribution in [3.63, 3.8) is 0 Å². The minimum Gasteiger partial charge on any atom is -0.387 e. The predicted octanol–water partition coefficient (Wildman–Crippen LogP) is 3.15. The second kappa shape index (κ2) is 8.62. The topological polar surface area (TPSA) is 71.3 Å². The highest BCUT2D eigenvalue weighted by atomic mass is 32.1. The molecule has 1 heterocycles. The molecule has 0 spiro atoms. The lowest BCUT2D eigenvalue weighted by molar-refractivity contribution is -0.122. The number of amides is 1. The van der Waals surface area contributed by atoms with E-state index in [1.807, 2.05) is 0 Å². The number of carbonyl (C=O) groups is 1. The lowest BCUT2D eigenvalue weighted by Crippen LogP contribution is -2.33. The summed E-state index contributed by atoms with van der Waals surface area (Å²) in [6.07, 6.45) is -1.24. The van der Waals surface area contributed by atoms with Crippen molar-refractivity contribution < 1.29 is 23.1 Å². The maximum absolute atomic E-state index is 13.3. The summed E-state index contributed by atoms with van der Waals surface area (Å²) in [7, 11) is 0. The first kappa shape index (κ1) is 20.8. The lowest BCUT2D eigenvalue weighted by Gasteiger charge is -2.14. The number of rotatable bonds is 6. The average molecular weight is 422 g/mol. The first-order chi connectivity index (χ1) is 13.8. The number of aliphatic hydroxyl groups excluding tert-OH is 1. The smallest absolute Gasteiger partial charge is 0.308 e. The molecule has 0 aliphatic rings. The highest BCUT2D eigenvalue weighted by Gasteiger charge is 2.18. The summed E-state index contributed by atoms with van der Waals surface area (Å²) in [6.45, 7) is 1.18. The number of hydrogen-bond acceptors (Lipinski definition) is 4. The molecule has 3 rings (SSSR count). The first-order valence-corrected chi connectivity index (χ1v) is 9.44. The van der Waals surface area contributed by atoms with Gasteiger partial charge < -0.3 is 10.4 Å². The van der Waals surface area contributed by atoms with Crippen molar-refractivity contribution >= 4 is 17.2 Å². The van der Waals surface area contributed by atoms with Crippen molar-refractivity contribution in [2.45, 2.75) is 19.6 Å². The molecule has 0 aliphatic heterocycles. The van der Waals surface area contributed by atoms with Gasteiger partial charge in [0.25, 0.3) is 0 Å². The number of aromatic nitrogens is 1. The zero-order valence-corrected chi connectivity index (χ0v) is 16.1. The zero-order chi connectivity index (χ0) is 21.1. The summed E-state index contributed by atoms with van der Waals surface area (Å²) in [4.78, 5) is 24.9. The van der Waals surface area contributed by atoms with E-state index in [1.165, 1.54) is 34.9 Å². The minimum absolute atomic E-state index is 0.111. The quantitative estimate of drug-likeness (QED) is 0.641. The molecule has 2 aromatic carbocycles. The molecular weight excluding hydrogens is 405 g/mol. The van der Waals surface area contributed by atoms with Crippen LogP contribution in [0.1, 0.15) is 16.5 Å². The summed E-state index contributed by atoms with van der Waals surface area (Å²) in [5.41, 5.74) is 1.22. The number of hydrogen-bond donors (Lipinski definition) is 2. The highest BCUT2D eigenvalue weighted by Crippen LogP contribution is 2.25. The van der Waals surface area contributed by atoms with Gasteiger partial charge in [-0.05, 0) is 54.4 Å². The van der Waals surface area contributed by atoms with Gasteiger partial charge in [-0.25, -0.2) is 13.2 Å². The molecule has 0 saturated carbocycles. The zero-order valence-electron chi connectivity index (χ0n) is 15.3. The molecule has 5 nitrogen and oxygen atoms in total. The van der Waals surface area contributed by atoms with Gasteiger partial charge in [0, 0.05) is 11.4 Å². The molecular formula is C20H17F3N2O3S. The van der Waals surface area contributed by atoms with E-state index in [0.717, 1.165) is 23.5 Å². The van der Waals surface area contributed by atoms with E-state index in [-0.39, 0.29) is 23.5 Å². The molecule has 1 aromatic heterocycles. The highest BCUT2D eigenvalue weighted by molar-refractivity contribution is 7.09. The largest absolute Gasteiger partial charge is 0.387 e. The molecule has 0 aliphatic carbocycles. The lowest BCUT2D eigenvalue weighted by atomic mass is 10.1. The molecule has 2 N–H and O–H groups in total. The summed E-state index contributed by atoms with van der Waals surface area (Å²) >= 11 is 0.968. The van der Waals surface area contributed by atoms with Gasteiger partial charge in [-0.3, -0.25) is 14.2 Å². The third-order valence-corrected chi connectivity index (χ3v) is 5.20. The van der Waals surface area contributed by atoms with E-state index in [0.29, 0.717) is 16.1 Å². The Morgan fingerprint density at radius 3 is 2.48 bits per heavy atom. The fourth-order valence-corrected chi connectivity index (χ4v) is 3.73. The molecule has 29 heavy (non-hydrogen) atoms. The van der Waals surface area contributed by atoms with Crippen LogP contribution in [-0.4, -0.2) is 22.1 Å². The normalized spacial score (nSPS) is 12.0. The third-order valence-electron chi connectivity index (χ3n) is 4.30. The number of nitrogens with one attached hydrogen (secondary N) is 1. The molecule has 0 bridgehead atoms. The van der Waals surface area contributed by atoms with E-state index in [2.05, 4.69) is 5.32 Å². The van der Waals surface area contributed by atoms with Crippen LogP contribution in [0.5, 0.6) is 0 Å². The van der Waals surface area contributed by atoms with E-state index < -0.39 is 29.5 Å². The van der Waals surface area contributed by atoms with Crippen LogP contribution in [0.2, 0.25) is 0 Å². The van der Waals surface area contributed by atoms with E-state index >= 15 is 0 Å². The number of aliphatic hydroxyl groups is 1. The average Bonchev–Trinajstić information content (AvgIpc) is 2.96. The van der Waals surface area contributed by atoms with Crippen LogP contribution < -0.4 is 10.2 Å². The van der Waals surface area contributed by atoms with Crippen molar-refractivity contribution in [3.05, 3.63) is 80.0 Å². The van der Waals surface area contributed by atoms with Gasteiger partial charge in [-0.15, -0.1) is 0 Å². The summed E-state index contributed by atoms with van der Waals surface area (Å²) in [6, 6.07) is 8.52. The van der Waals surface area contributed by atoms with Gasteiger partial charge in [0.1, 0.15) is 12.4 Å². The second-order valence-electron chi connectivity index (χ2n) is 6.36. The number of benzene rings is 2. The Balaban J connectivity index is 1.71. The number of halogens is 3. The molecule has 0 radical (unpaired) electrons. The Labute approximate surface area is 168 Å². The van der Waals surface area contributed by atoms with Crippen molar-refractivity contribution in [3.8, 4) is 11.3 Å². The Morgan fingerprint density at radius 1 is 1.14 bits per heavy atom. The third kappa shape index (κ3) is 4.75. The monoisotopic (exact) mass is 422 g/mol. The molecule has 0 saturated heterocycles. The summed E-state index contributed by atoms with van der Waals surface area (Å²) < 4.78 is 40.7. The van der Waals surface area contributed by atoms with Gasteiger partial charge in [0.2, 0.25) is 5.91 Å². The number of aryl methyl sites for hydroxylation is 1. The van der Waals surface area contributed by atoms with Gasteiger partial charge in [0.15, 0.2) is 11.6 Å². The molecule has 152 valence electrons. The van der Waals surface area contributed by atoms with Crippen LogP contribution in [0.15, 0.2) is 47.3 Å². The first-order valence-electron chi connectivity index (χ1n) is 8.62. The van der Waals surface area contributed by atoms with Crippen LogP contribution in [0, 0.1) is 24.4 Å². The summed E-state index contributed by atoms with van der Waals surface area (Å²) in [5, 5.41) is 12.5. The SMILES string of the molecule is Cc1sc(=O)n(CC(=O)NC[C@H](O)c2ccc(F)c(F)c2)c1-c1ccc(F)cc1. The molecule has 0 fully saturated rings. The number of nitrogens with zero attached hydrogens (tertiary/aromatic N) is 1. The van der Waals surface area contributed by atoms with Gasteiger partial charge in [0.05, 0.1) is 11.8 Å². The standard InChI is InChI=1S/C20H17F3N2O3S/c1-11-19(12-2-5-14(21)6-3-12)25(20(28)29-11)10-18(27)24-9-17(26)13-4-7-15(22)16(23)8-13/h2-8,17,26H,9-10H2,1H3,(H,24,27)/t17-/m0/s1. The molecule has 1 amide bonds. The molecule has 1 atom stereocenters. The Bertz CT molecular complexity index is 1090. The van der Waals surface area contributed by atoms with Gasteiger partial charge >= 0.3 is 4.87 Å². The maximum Gasteiger partial charge on any atom is 0.308 e. The van der Waals surface area contributed by atoms with Crippen LogP contribution in [0.4, 0.5) is 13.2 Å². The maximum atomic E-state index is 13.3. The molecule has 9 heteroatoms. The molecule has 0 unspecified atom stereocenters. The van der Waals surface area contributed by atoms with Crippen molar-refractivity contribution in [1.29, 1.82) is 0 Å². The Morgan fingerprint density at radius 2 is 1.83 bits per heavy atom. The van der Waals surface area contributed by atoms with Crippen molar-refractivity contribution in [2.24, 2.45) is 0 Å². The predicted molar refractivity (Wildman–Crippen MR) is 103 cm³/mol. The molecule has 3 aromatic rings. The van der Waals surface area contributed by atoms with E-state index in [4.69, 9.17) is 0 Å². The number of carbonyl (C=O) groups excluding carboxylic acids is 1. The van der Waals surface area contributed by atoms with E-state index in [9.17, 15) is 27.9 Å². The Hall–Kier alpha value is -2.91. The van der Waals surface area contributed by atoms with E-state index in [1.54, 1.807) is 6.92 Å². The van der Waals surface area contributed by atoms with Crippen molar-refractivity contribution in [2.75, 3.05) is 6.54 Å². The minimum atomic E-state index is -1.24. The van der Waals surface area contributed by atoms with Crippen molar-refractivity contribution in [1.82, 2.24) is 9.88 Å². The Kier molecular flexibility index (Phi) is 6.19. The van der Waals surface area contributed by atoms with Gasteiger partial charge in [-0.1, -0.05) is 17.4 Å². The fourth-order valence-electron chi connectivity index (χ4n) is 2.87. The van der Waals surface area contributed by atoms with Gasteiger partial charge in [-0.2, -0.15) is 0 Å².